The van der Waals surface area contributed by atoms with E-state index in [1.54, 1.807) is 36.4 Å². The third-order valence-electron chi connectivity index (χ3n) is 6.09. The minimum absolute atomic E-state index is 0.00916. The molecule has 1 atom stereocenters. The summed E-state index contributed by atoms with van der Waals surface area (Å²) in [5, 5.41) is 22.1. The van der Waals surface area contributed by atoms with Crippen molar-refractivity contribution in [1.82, 2.24) is 0 Å². The van der Waals surface area contributed by atoms with Gasteiger partial charge in [-0.1, -0.05) is 56.6 Å². The zero-order valence-corrected chi connectivity index (χ0v) is 20.2. The highest BCUT2D eigenvalue weighted by Gasteiger charge is 2.47. The number of hydrogen-bond acceptors (Lipinski definition) is 4. The zero-order chi connectivity index (χ0) is 24.8. The van der Waals surface area contributed by atoms with Gasteiger partial charge in [0.25, 0.3) is 11.7 Å². The average molecular weight is 476 g/mol. The Bertz CT molecular complexity index is 1320. The zero-order valence-electron chi connectivity index (χ0n) is 19.5. The minimum atomic E-state index is -0.925. The van der Waals surface area contributed by atoms with Crippen LogP contribution in [0.3, 0.4) is 0 Å². The van der Waals surface area contributed by atoms with E-state index in [1.807, 2.05) is 25.1 Å². The van der Waals surface area contributed by atoms with E-state index < -0.39 is 17.7 Å². The lowest BCUT2D eigenvalue weighted by Gasteiger charge is -2.26. The number of aromatic hydroxyl groups is 1. The molecule has 34 heavy (non-hydrogen) atoms. The number of aliphatic hydroxyl groups is 1. The second kappa shape index (κ2) is 8.65. The molecule has 2 N–H and O–H groups in total. The van der Waals surface area contributed by atoms with Crippen LogP contribution in [0.1, 0.15) is 49.1 Å². The standard InChI is InChI=1S/C28H26ClNO4/c1-16-8-9-18(28(2,3)4)15-22(16)25(32)23-24(17-6-5-7-21(31)14-17)30(27(34)26(23)33)20-12-10-19(29)11-13-20/h5-15,24,31-32H,1-4H3/b25-23+. The maximum Gasteiger partial charge on any atom is 0.300 e. The summed E-state index contributed by atoms with van der Waals surface area (Å²) in [6.45, 7) is 8.04. The number of carbonyl (C=O) groups excluding carboxylic acids is 2. The highest BCUT2D eigenvalue weighted by atomic mass is 35.5. The smallest absolute Gasteiger partial charge is 0.300 e. The van der Waals surface area contributed by atoms with Gasteiger partial charge < -0.3 is 10.2 Å². The van der Waals surface area contributed by atoms with Crippen LogP contribution in [-0.2, 0) is 15.0 Å². The third kappa shape index (κ3) is 4.19. The van der Waals surface area contributed by atoms with Gasteiger partial charge in [0.15, 0.2) is 0 Å². The Morgan fingerprint density at radius 3 is 2.26 bits per heavy atom. The van der Waals surface area contributed by atoms with Crippen molar-refractivity contribution < 1.29 is 19.8 Å². The summed E-state index contributed by atoms with van der Waals surface area (Å²) in [7, 11) is 0. The van der Waals surface area contributed by atoms with E-state index in [0.717, 1.165) is 11.1 Å². The molecule has 1 unspecified atom stereocenters. The normalized spacial score (nSPS) is 17.9. The van der Waals surface area contributed by atoms with Crippen molar-refractivity contribution in [2.75, 3.05) is 4.90 Å². The Balaban J connectivity index is 1.98. The van der Waals surface area contributed by atoms with Crippen molar-refractivity contribution in [1.29, 1.82) is 0 Å². The first-order chi connectivity index (χ1) is 16.0. The van der Waals surface area contributed by atoms with Crippen molar-refractivity contribution in [3.05, 3.63) is 99.6 Å². The SMILES string of the molecule is Cc1ccc(C(C)(C)C)cc1/C(O)=C1\C(=O)C(=O)N(c2ccc(Cl)cc2)C1c1cccc(O)c1. The van der Waals surface area contributed by atoms with E-state index in [2.05, 4.69) is 20.8 Å². The number of anilines is 1. The highest BCUT2D eigenvalue weighted by Crippen LogP contribution is 2.43. The number of aliphatic hydroxyl groups excluding tert-OH is 1. The van der Waals surface area contributed by atoms with Gasteiger partial charge in [-0.25, -0.2) is 0 Å². The van der Waals surface area contributed by atoms with Crippen LogP contribution in [0.2, 0.25) is 5.02 Å². The number of phenols is 1. The quantitative estimate of drug-likeness (QED) is 0.265. The third-order valence-corrected chi connectivity index (χ3v) is 6.35. The molecule has 1 fully saturated rings. The van der Waals surface area contributed by atoms with Gasteiger partial charge in [-0.2, -0.15) is 0 Å². The Hall–Kier alpha value is -3.57. The fraction of sp³-hybridized carbons (Fsp3) is 0.214. The van der Waals surface area contributed by atoms with Crippen molar-refractivity contribution in [3.63, 3.8) is 0 Å². The molecule has 4 rings (SSSR count). The molecule has 0 aliphatic carbocycles. The molecule has 6 heteroatoms. The number of phenolic OH excluding ortho intramolecular Hbond substituents is 1. The monoisotopic (exact) mass is 475 g/mol. The molecule has 5 nitrogen and oxygen atoms in total. The summed E-state index contributed by atoms with van der Waals surface area (Å²) >= 11 is 6.03. The van der Waals surface area contributed by atoms with Crippen LogP contribution in [0.25, 0.3) is 5.76 Å². The van der Waals surface area contributed by atoms with E-state index in [4.69, 9.17) is 11.6 Å². The second-order valence-electron chi connectivity index (χ2n) is 9.52. The highest BCUT2D eigenvalue weighted by molar-refractivity contribution is 6.51. The van der Waals surface area contributed by atoms with Crippen LogP contribution < -0.4 is 4.90 Å². The number of halogens is 1. The van der Waals surface area contributed by atoms with Crippen LogP contribution in [0.5, 0.6) is 5.75 Å². The van der Waals surface area contributed by atoms with E-state index in [1.165, 1.54) is 17.0 Å². The number of nitrogens with zero attached hydrogens (tertiary/aromatic N) is 1. The lowest BCUT2D eigenvalue weighted by atomic mass is 9.84. The topological polar surface area (TPSA) is 77.8 Å². The van der Waals surface area contributed by atoms with Crippen molar-refractivity contribution >= 4 is 34.7 Å². The molecule has 1 saturated heterocycles. The fourth-order valence-corrected chi connectivity index (χ4v) is 4.33. The van der Waals surface area contributed by atoms with Gasteiger partial charge in [-0.15, -0.1) is 0 Å². The predicted octanol–water partition coefficient (Wildman–Crippen LogP) is 6.28. The fourth-order valence-electron chi connectivity index (χ4n) is 4.20. The molecule has 0 radical (unpaired) electrons. The first-order valence-corrected chi connectivity index (χ1v) is 11.3. The Morgan fingerprint density at radius 1 is 0.971 bits per heavy atom. The van der Waals surface area contributed by atoms with Gasteiger partial charge >= 0.3 is 0 Å². The Morgan fingerprint density at radius 2 is 1.65 bits per heavy atom. The lowest BCUT2D eigenvalue weighted by Crippen LogP contribution is -2.29. The molecular formula is C28H26ClNO4. The second-order valence-corrected chi connectivity index (χ2v) is 9.96. The molecule has 1 aliphatic rings. The van der Waals surface area contributed by atoms with Gasteiger partial charge in [0, 0.05) is 16.3 Å². The number of Topliss-reactive ketones (excluding diaryl/α,β-unsaturated/α-hetero) is 1. The van der Waals surface area contributed by atoms with E-state index in [-0.39, 0.29) is 22.5 Å². The largest absolute Gasteiger partial charge is 0.508 e. The maximum absolute atomic E-state index is 13.3. The van der Waals surface area contributed by atoms with Crippen LogP contribution in [-0.4, -0.2) is 21.9 Å². The number of benzene rings is 3. The maximum atomic E-state index is 13.3. The molecule has 0 aromatic heterocycles. The van der Waals surface area contributed by atoms with Crippen molar-refractivity contribution in [2.45, 2.75) is 39.2 Å². The van der Waals surface area contributed by atoms with Gasteiger partial charge in [0.2, 0.25) is 0 Å². The molecule has 3 aromatic carbocycles. The molecule has 0 saturated carbocycles. The van der Waals surface area contributed by atoms with Crippen LogP contribution in [0.15, 0.2) is 72.3 Å². The van der Waals surface area contributed by atoms with E-state index in [0.29, 0.717) is 21.8 Å². The van der Waals surface area contributed by atoms with Gasteiger partial charge in [0.1, 0.15) is 11.5 Å². The van der Waals surface area contributed by atoms with E-state index >= 15 is 0 Å². The number of rotatable bonds is 3. The molecule has 1 aliphatic heterocycles. The Labute approximate surface area is 203 Å². The molecule has 3 aromatic rings. The molecule has 0 spiro atoms. The number of hydrogen-bond donors (Lipinski definition) is 2. The number of carbonyl (C=O) groups is 2. The molecular weight excluding hydrogens is 450 g/mol. The van der Waals surface area contributed by atoms with Crippen molar-refractivity contribution in [3.8, 4) is 5.75 Å². The summed E-state index contributed by atoms with van der Waals surface area (Å²) in [5.74, 6) is -1.81. The van der Waals surface area contributed by atoms with Gasteiger partial charge in [-0.3, -0.25) is 14.5 Å². The van der Waals surface area contributed by atoms with Crippen LogP contribution in [0, 0.1) is 6.92 Å². The van der Waals surface area contributed by atoms with E-state index in [9.17, 15) is 19.8 Å². The van der Waals surface area contributed by atoms with Gasteiger partial charge in [-0.05, 0) is 71.5 Å². The number of ketones is 1. The molecule has 174 valence electrons. The summed E-state index contributed by atoms with van der Waals surface area (Å²) in [5.41, 5.74) is 3.01. The predicted molar refractivity (Wildman–Crippen MR) is 134 cm³/mol. The molecule has 1 heterocycles. The summed E-state index contributed by atoms with van der Waals surface area (Å²) < 4.78 is 0. The van der Waals surface area contributed by atoms with Crippen LogP contribution in [0.4, 0.5) is 5.69 Å². The van der Waals surface area contributed by atoms with Gasteiger partial charge in [0.05, 0.1) is 11.6 Å². The van der Waals surface area contributed by atoms with Crippen LogP contribution >= 0.6 is 11.6 Å². The first-order valence-electron chi connectivity index (χ1n) is 11.0. The summed E-state index contributed by atoms with van der Waals surface area (Å²) in [6, 6.07) is 17.7. The number of aryl methyl sites for hydroxylation is 1. The lowest BCUT2D eigenvalue weighted by molar-refractivity contribution is -0.132. The number of amides is 1. The minimum Gasteiger partial charge on any atom is -0.508 e. The van der Waals surface area contributed by atoms with Crippen molar-refractivity contribution in [2.24, 2.45) is 0 Å². The average Bonchev–Trinajstić information content (AvgIpc) is 3.04. The molecule has 0 bridgehead atoms. The molecule has 1 amide bonds. The Kier molecular flexibility index (Phi) is 6.00. The first kappa shape index (κ1) is 23.6. The summed E-state index contributed by atoms with van der Waals surface area (Å²) in [4.78, 5) is 27.9. The summed E-state index contributed by atoms with van der Waals surface area (Å²) in [6.07, 6.45) is 0.